The summed E-state index contributed by atoms with van der Waals surface area (Å²) in [7, 11) is -3.68. The number of aryl methyl sites for hydroxylation is 2. The van der Waals surface area contributed by atoms with Crippen molar-refractivity contribution in [3.05, 3.63) is 89.0 Å². The van der Waals surface area contributed by atoms with Crippen LogP contribution in [0, 0.1) is 20.8 Å². The van der Waals surface area contributed by atoms with Crippen LogP contribution >= 0.6 is 0 Å². The van der Waals surface area contributed by atoms with Crippen molar-refractivity contribution in [2.45, 2.75) is 25.7 Å². The van der Waals surface area contributed by atoms with Crippen LogP contribution in [-0.4, -0.2) is 14.3 Å². The van der Waals surface area contributed by atoms with Crippen LogP contribution in [0.5, 0.6) is 0 Å². The Balaban J connectivity index is 1.80. The van der Waals surface area contributed by atoms with Crippen LogP contribution in [0.2, 0.25) is 0 Å². The molecule has 0 fully saturated rings. The number of carbonyl (C=O) groups excluding carboxylic acids is 1. The van der Waals surface area contributed by atoms with Crippen molar-refractivity contribution in [2.24, 2.45) is 0 Å². The van der Waals surface area contributed by atoms with Gasteiger partial charge in [0.2, 0.25) is 0 Å². The zero-order valence-corrected chi connectivity index (χ0v) is 16.8. The van der Waals surface area contributed by atoms with Crippen molar-refractivity contribution in [1.29, 1.82) is 0 Å². The Morgan fingerprint density at radius 3 is 2.18 bits per heavy atom. The van der Waals surface area contributed by atoms with Crippen LogP contribution in [0.15, 0.2) is 71.6 Å². The van der Waals surface area contributed by atoms with Gasteiger partial charge >= 0.3 is 0 Å². The molecule has 2 N–H and O–H groups in total. The first-order valence-corrected chi connectivity index (χ1v) is 10.3. The maximum absolute atomic E-state index is 12.6. The molecule has 0 bridgehead atoms. The molecular formula is C22H22N2O3S. The fourth-order valence-electron chi connectivity index (χ4n) is 2.80. The number of hydrogen-bond donors (Lipinski definition) is 2. The van der Waals surface area contributed by atoms with E-state index in [0.29, 0.717) is 16.8 Å². The van der Waals surface area contributed by atoms with E-state index < -0.39 is 10.0 Å². The van der Waals surface area contributed by atoms with E-state index in [1.807, 2.05) is 32.0 Å². The van der Waals surface area contributed by atoms with Crippen molar-refractivity contribution in [3.63, 3.8) is 0 Å². The van der Waals surface area contributed by atoms with Crippen LogP contribution in [0.25, 0.3) is 0 Å². The molecule has 0 unspecified atom stereocenters. The largest absolute Gasteiger partial charge is 0.322 e. The molecule has 0 aromatic heterocycles. The highest BCUT2D eigenvalue weighted by Gasteiger charge is 2.16. The summed E-state index contributed by atoms with van der Waals surface area (Å²) in [5, 5.41) is 2.91. The SMILES string of the molecule is Cc1cc(C(=O)Nc2cccc(C)c2C)ccc1NS(=O)(=O)c1ccccc1. The Hall–Kier alpha value is -3.12. The lowest BCUT2D eigenvalue weighted by Gasteiger charge is -2.13. The molecule has 5 nitrogen and oxygen atoms in total. The first-order valence-electron chi connectivity index (χ1n) is 8.84. The van der Waals surface area contributed by atoms with Gasteiger partial charge in [-0.05, 0) is 73.9 Å². The molecule has 0 aliphatic heterocycles. The van der Waals surface area contributed by atoms with Crippen LogP contribution in [0.3, 0.4) is 0 Å². The minimum absolute atomic E-state index is 0.186. The fourth-order valence-corrected chi connectivity index (χ4v) is 3.96. The Labute approximate surface area is 165 Å². The van der Waals surface area contributed by atoms with Crippen LogP contribution < -0.4 is 10.0 Å². The van der Waals surface area contributed by atoms with Crippen LogP contribution in [-0.2, 0) is 10.0 Å². The third-order valence-corrected chi connectivity index (χ3v) is 6.02. The lowest BCUT2D eigenvalue weighted by molar-refractivity contribution is 0.102. The number of anilines is 2. The summed E-state index contributed by atoms with van der Waals surface area (Å²) >= 11 is 0. The maximum Gasteiger partial charge on any atom is 0.261 e. The highest BCUT2D eigenvalue weighted by atomic mass is 32.2. The second-order valence-electron chi connectivity index (χ2n) is 6.65. The van der Waals surface area contributed by atoms with Gasteiger partial charge in [0, 0.05) is 11.3 Å². The number of nitrogens with one attached hydrogen (secondary N) is 2. The van der Waals surface area contributed by atoms with E-state index in [0.717, 1.165) is 16.8 Å². The quantitative estimate of drug-likeness (QED) is 0.661. The van der Waals surface area contributed by atoms with E-state index in [1.165, 1.54) is 12.1 Å². The van der Waals surface area contributed by atoms with Gasteiger partial charge in [-0.15, -0.1) is 0 Å². The second kappa shape index (κ2) is 7.86. The number of carbonyl (C=O) groups is 1. The third kappa shape index (κ3) is 4.23. The molecule has 6 heteroatoms. The Morgan fingerprint density at radius 2 is 1.50 bits per heavy atom. The van der Waals surface area contributed by atoms with E-state index in [1.54, 1.807) is 43.3 Å². The normalized spacial score (nSPS) is 11.1. The third-order valence-electron chi connectivity index (χ3n) is 4.64. The number of amides is 1. The predicted molar refractivity (Wildman–Crippen MR) is 112 cm³/mol. The smallest absolute Gasteiger partial charge is 0.261 e. The molecule has 3 aromatic carbocycles. The lowest BCUT2D eigenvalue weighted by Crippen LogP contribution is -2.15. The molecule has 3 aromatic rings. The van der Waals surface area contributed by atoms with E-state index in [9.17, 15) is 13.2 Å². The van der Waals surface area contributed by atoms with Gasteiger partial charge < -0.3 is 5.32 Å². The van der Waals surface area contributed by atoms with Gasteiger partial charge in [-0.25, -0.2) is 8.42 Å². The van der Waals surface area contributed by atoms with Crippen molar-refractivity contribution >= 4 is 27.3 Å². The summed E-state index contributed by atoms with van der Waals surface area (Å²) in [4.78, 5) is 12.8. The second-order valence-corrected chi connectivity index (χ2v) is 8.33. The van der Waals surface area contributed by atoms with E-state index in [-0.39, 0.29) is 10.8 Å². The van der Waals surface area contributed by atoms with Gasteiger partial charge in [-0.2, -0.15) is 0 Å². The zero-order valence-electron chi connectivity index (χ0n) is 16.0. The zero-order chi connectivity index (χ0) is 20.3. The van der Waals surface area contributed by atoms with Gasteiger partial charge in [0.25, 0.3) is 15.9 Å². The molecule has 28 heavy (non-hydrogen) atoms. The number of sulfonamides is 1. The van der Waals surface area contributed by atoms with Gasteiger partial charge in [-0.1, -0.05) is 30.3 Å². The molecule has 1 amide bonds. The number of rotatable bonds is 5. The molecule has 0 saturated carbocycles. The summed E-state index contributed by atoms with van der Waals surface area (Å²) in [5.74, 6) is -0.241. The Bertz CT molecular complexity index is 1120. The van der Waals surface area contributed by atoms with E-state index in [2.05, 4.69) is 10.0 Å². The average Bonchev–Trinajstić information content (AvgIpc) is 2.67. The summed E-state index contributed by atoms with van der Waals surface area (Å²) < 4.78 is 27.6. The predicted octanol–water partition coefficient (Wildman–Crippen LogP) is 4.66. The minimum atomic E-state index is -3.68. The van der Waals surface area contributed by atoms with Gasteiger partial charge in [0.1, 0.15) is 0 Å². The molecule has 0 spiro atoms. The molecule has 0 saturated heterocycles. The molecule has 144 valence electrons. The molecule has 0 aliphatic carbocycles. The van der Waals surface area contributed by atoms with Crippen LogP contribution in [0.1, 0.15) is 27.0 Å². The van der Waals surface area contributed by atoms with Crippen molar-refractivity contribution < 1.29 is 13.2 Å². The van der Waals surface area contributed by atoms with Crippen molar-refractivity contribution in [1.82, 2.24) is 0 Å². The van der Waals surface area contributed by atoms with Gasteiger partial charge in [0.15, 0.2) is 0 Å². The van der Waals surface area contributed by atoms with Crippen molar-refractivity contribution in [2.75, 3.05) is 10.0 Å². The average molecular weight is 394 g/mol. The molecule has 3 rings (SSSR count). The highest BCUT2D eigenvalue weighted by Crippen LogP contribution is 2.23. The molecule has 0 heterocycles. The first kappa shape index (κ1) is 19.6. The van der Waals surface area contributed by atoms with E-state index in [4.69, 9.17) is 0 Å². The summed E-state index contributed by atoms with van der Waals surface area (Å²) in [5.41, 5.74) is 4.43. The monoisotopic (exact) mass is 394 g/mol. The molecule has 0 aliphatic rings. The van der Waals surface area contributed by atoms with E-state index >= 15 is 0 Å². The highest BCUT2D eigenvalue weighted by molar-refractivity contribution is 7.92. The topological polar surface area (TPSA) is 75.3 Å². The maximum atomic E-state index is 12.6. The Morgan fingerprint density at radius 1 is 0.786 bits per heavy atom. The van der Waals surface area contributed by atoms with Gasteiger partial charge in [0.05, 0.1) is 10.6 Å². The standard InChI is InChI=1S/C22H22N2O3S/c1-15-8-7-11-21(17(15)3)23-22(25)18-12-13-20(16(2)14-18)24-28(26,27)19-9-5-4-6-10-19/h4-14,24H,1-3H3,(H,23,25). The molecule has 0 radical (unpaired) electrons. The summed E-state index contributed by atoms with van der Waals surface area (Å²) in [6.45, 7) is 5.71. The molecular weight excluding hydrogens is 372 g/mol. The molecule has 0 atom stereocenters. The number of hydrogen-bond acceptors (Lipinski definition) is 3. The van der Waals surface area contributed by atoms with Crippen molar-refractivity contribution in [3.8, 4) is 0 Å². The first-order chi connectivity index (χ1) is 13.3. The van der Waals surface area contributed by atoms with Gasteiger partial charge in [-0.3, -0.25) is 9.52 Å². The lowest BCUT2D eigenvalue weighted by atomic mass is 10.1. The number of benzene rings is 3. The fraction of sp³-hybridized carbons (Fsp3) is 0.136. The Kier molecular flexibility index (Phi) is 5.51. The minimum Gasteiger partial charge on any atom is -0.322 e. The summed E-state index contributed by atoms with van der Waals surface area (Å²) in [6, 6.07) is 18.8. The summed E-state index contributed by atoms with van der Waals surface area (Å²) in [6.07, 6.45) is 0. The van der Waals surface area contributed by atoms with Crippen LogP contribution in [0.4, 0.5) is 11.4 Å².